The Morgan fingerprint density at radius 3 is 1.57 bits per heavy atom. The number of halogens is 2. The summed E-state index contributed by atoms with van der Waals surface area (Å²) in [6.07, 6.45) is 19.4. The van der Waals surface area contributed by atoms with Crippen molar-refractivity contribution in [3.8, 4) is 11.5 Å². The molecule has 6 atom stereocenters. The number of allylic oxidation sites excluding steroid dienone is 8. The predicted molar refractivity (Wildman–Crippen MR) is 139 cm³/mol. The molecule has 0 bridgehead atoms. The smallest absolute Gasteiger partial charge is 1.00 e. The molecule has 0 radical (unpaired) electrons. The first-order valence-corrected chi connectivity index (χ1v) is 15.9. The van der Waals surface area contributed by atoms with Gasteiger partial charge in [0, 0.05) is 0 Å². The molecular weight excluding hydrogens is 578 g/mol. The quantitative estimate of drug-likeness (QED) is 0.498. The van der Waals surface area contributed by atoms with Gasteiger partial charge in [0.2, 0.25) is 0 Å². The van der Waals surface area contributed by atoms with Crippen LogP contribution in [-0.2, 0) is 23.2 Å². The second-order valence-corrected chi connectivity index (χ2v) is 14.3. The van der Waals surface area contributed by atoms with E-state index in [1.807, 2.05) is 0 Å². The molecule has 4 aliphatic carbocycles. The monoisotopic (exact) mass is 610 g/mol. The Hall–Kier alpha value is -1.54. The van der Waals surface area contributed by atoms with Gasteiger partial charge in [-0.05, 0) is 0 Å². The standard InChI is InChI=1S/2C16H17O.2ClH.Zr/c2*1-17-16-8-4-7-14(11-16)15-9-12-5-2-3-6-13(12)10-15;;;/h2*2-5,7-9,11,13,15H,6,10H2,1H3;2*1H;/q;;;;+2/p-2. The summed E-state index contributed by atoms with van der Waals surface area (Å²) in [5.41, 5.74) is 6.48. The second kappa shape index (κ2) is 12.5. The second-order valence-electron chi connectivity index (χ2n) is 10.4. The summed E-state index contributed by atoms with van der Waals surface area (Å²) in [5, 5.41) is 0. The molecule has 2 aromatic rings. The van der Waals surface area contributed by atoms with Gasteiger partial charge in [0.05, 0.1) is 0 Å². The summed E-state index contributed by atoms with van der Waals surface area (Å²) < 4.78 is 12.7. The molecule has 2 saturated carbocycles. The molecule has 0 spiro atoms. The van der Waals surface area contributed by atoms with Crippen molar-refractivity contribution in [2.24, 2.45) is 11.8 Å². The molecule has 0 aliphatic heterocycles. The fourth-order valence-electron chi connectivity index (χ4n) is 6.94. The SMILES string of the molecule is COc1cccc(C2CC3CC=CC=C3[CH]2[Zr+2][CH]2C3=CC=CCC3CC2c2cccc(OC)c2)c1.[Cl-].[Cl-]. The third kappa shape index (κ3) is 5.61. The van der Waals surface area contributed by atoms with Crippen LogP contribution in [-0.4, -0.2) is 14.2 Å². The topological polar surface area (TPSA) is 18.5 Å². The minimum Gasteiger partial charge on any atom is -1.00 e. The van der Waals surface area contributed by atoms with Crippen molar-refractivity contribution < 1.29 is 57.5 Å². The zero-order valence-electron chi connectivity index (χ0n) is 21.4. The predicted octanol–water partition coefficient (Wildman–Crippen LogP) is 2.05. The van der Waals surface area contributed by atoms with Crippen LogP contribution < -0.4 is 34.3 Å². The van der Waals surface area contributed by atoms with E-state index < -0.39 is 23.2 Å². The molecular formula is C32H34Cl2O2Zr. The van der Waals surface area contributed by atoms with Crippen molar-refractivity contribution >= 4 is 0 Å². The van der Waals surface area contributed by atoms with Crippen molar-refractivity contribution in [2.45, 2.75) is 44.8 Å². The first kappa shape index (κ1) is 28.5. The average Bonchev–Trinajstić information content (AvgIpc) is 3.48. The number of hydrogen-bond donors (Lipinski definition) is 0. The molecule has 5 heteroatoms. The molecule has 192 valence electrons. The summed E-state index contributed by atoms with van der Waals surface area (Å²) in [5.74, 6) is 4.66. The first-order chi connectivity index (χ1) is 17.2. The third-order valence-corrected chi connectivity index (χ3v) is 14.0. The van der Waals surface area contributed by atoms with Crippen LogP contribution in [0.15, 0.2) is 96.1 Å². The van der Waals surface area contributed by atoms with Gasteiger partial charge < -0.3 is 24.8 Å². The van der Waals surface area contributed by atoms with Gasteiger partial charge in [-0.1, -0.05) is 0 Å². The number of ether oxygens (including phenoxy) is 2. The van der Waals surface area contributed by atoms with Crippen LogP contribution in [0, 0.1) is 11.8 Å². The van der Waals surface area contributed by atoms with Gasteiger partial charge >= 0.3 is 222 Å². The molecule has 0 saturated heterocycles. The zero-order chi connectivity index (χ0) is 23.8. The van der Waals surface area contributed by atoms with E-state index in [1.54, 1.807) is 25.4 Å². The molecule has 0 N–H and O–H groups in total. The summed E-state index contributed by atoms with van der Waals surface area (Å²) in [6.45, 7) is 0. The number of hydrogen-bond acceptors (Lipinski definition) is 2. The Bertz CT molecular complexity index is 1120. The Balaban J connectivity index is 0.00000160. The summed E-state index contributed by atoms with van der Waals surface area (Å²) >= 11 is -0.852. The number of benzene rings is 2. The Morgan fingerprint density at radius 1 is 0.676 bits per heavy atom. The summed E-state index contributed by atoms with van der Waals surface area (Å²) in [4.78, 5) is 0. The van der Waals surface area contributed by atoms with Crippen molar-refractivity contribution in [2.75, 3.05) is 14.2 Å². The number of fused-ring (bicyclic) bond motifs is 2. The minimum absolute atomic E-state index is 0. The molecule has 2 aromatic carbocycles. The Kier molecular flexibility index (Phi) is 9.65. The summed E-state index contributed by atoms with van der Waals surface area (Å²) in [6, 6.07) is 17.9. The van der Waals surface area contributed by atoms with Gasteiger partial charge in [0.15, 0.2) is 0 Å². The van der Waals surface area contributed by atoms with Gasteiger partial charge in [-0.3, -0.25) is 0 Å². The molecule has 0 aromatic heterocycles. The van der Waals surface area contributed by atoms with E-state index in [9.17, 15) is 0 Å². The average molecular weight is 613 g/mol. The van der Waals surface area contributed by atoms with Crippen LogP contribution in [0.2, 0.25) is 7.25 Å². The van der Waals surface area contributed by atoms with Crippen LogP contribution in [0.5, 0.6) is 11.5 Å². The Labute approximate surface area is 245 Å². The van der Waals surface area contributed by atoms with Crippen molar-refractivity contribution in [3.05, 3.63) is 107 Å². The number of methoxy groups -OCH3 is 2. The van der Waals surface area contributed by atoms with Crippen molar-refractivity contribution in [3.63, 3.8) is 0 Å². The van der Waals surface area contributed by atoms with Gasteiger partial charge in [0.1, 0.15) is 0 Å². The van der Waals surface area contributed by atoms with Gasteiger partial charge in [-0.15, -0.1) is 0 Å². The van der Waals surface area contributed by atoms with Gasteiger partial charge in [-0.2, -0.15) is 0 Å². The molecule has 37 heavy (non-hydrogen) atoms. The third-order valence-electron chi connectivity index (χ3n) is 8.64. The summed E-state index contributed by atoms with van der Waals surface area (Å²) in [7, 11) is 3.57. The largest absolute Gasteiger partial charge is 1.00 e. The van der Waals surface area contributed by atoms with Crippen molar-refractivity contribution in [1.82, 2.24) is 0 Å². The fourth-order valence-corrected chi connectivity index (χ4v) is 13.2. The van der Waals surface area contributed by atoms with E-state index in [0.29, 0.717) is 11.8 Å². The minimum atomic E-state index is -0.852. The van der Waals surface area contributed by atoms with Gasteiger partial charge in [-0.25, -0.2) is 0 Å². The maximum Gasteiger partial charge on any atom is -1.00 e. The van der Waals surface area contributed by atoms with E-state index in [4.69, 9.17) is 9.47 Å². The van der Waals surface area contributed by atoms with E-state index in [-0.39, 0.29) is 24.8 Å². The van der Waals surface area contributed by atoms with E-state index >= 15 is 0 Å². The van der Waals surface area contributed by atoms with Crippen LogP contribution >= 0.6 is 0 Å². The van der Waals surface area contributed by atoms with Crippen LogP contribution in [0.4, 0.5) is 0 Å². The Morgan fingerprint density at radius 2 is 1.14 bits per heavy atom. The number of rotatable bonds is 6. The van der Waals surface area contributed by atoms with E-state index in [0.717, 1.165) is 30.6 Å². The maximum atomic E-state index is 5.63. The van der Waals surface area contributed by atoms with E-state index in [1.165, 1.54) is 36.8 Å². The van der Waals surface area contributed by atoms with Crippen molar-refractivity contribution in [1.29, 1.82) is 0 Å². The molecule has 6 unspecified atom stereocenters. The molecule has 4 aliphatic rings. The molecule has 2 nitrogen and oxygen atoms in total. The van der Waals surface area contributed by atoms with E-state index in [2.05, 4.69) is 85.0 Å². The fraction of sp³-hybridized carbons (Fsp3) is 0.375. The molecule has 2 fully saturated rings. The molecule has 6 rings (SSSR count). The van der Waals surface area contributed by atoms with Crippen LogP contribution in [0.1, 0.15) is 48.6 Å². The molecule has 0 heterocycles. The molecule has 0 amide bonds. The van der Waals surface area contributed by atoms with Crippen LogP contribution in [0.25, 0.3) is 0 Å². The first-order valence-electron chi connectivity index (χ1n) is 13.0. The van der Waals surface area contributed by atoms with Gasteiger partial charge in [0.25, 0.3) is 0 Å². The van der Waals surface area contributed by atoms with Crippen LogP contribution in [0.3, 0.4) is 0 Å². The maximum absolute atomic E-state index is 5.63. The zero-order valence-corrected chi connectivity index (χ0v) is 25.4. The normalized spacial score (nSPS) is 29.0.